The summed E-state index contributed by atoms with van der Waals surface area (Å²) in [7, 11) is 0. The van der Waals surface area contributed by atoms with Crippen molar-refractivity contribution < 1.29 is 9.59 Å². The van der Waals surface area contributed by atoms with Crippen molar-refractivity contribution in [1.29, 1.82) is 0 Å². The summed E-state index contributed by atoms with van der Waals surface area (Å²) in [6, 6.07) is 0. The number of carbonyl (C=O) groups excluding carboxylic acids is 2. The predicted octanol–water partition coefficient (Wildman–Crippen LogP) is 1.65. The van der Waals surface area contributed by atoms with Gasteiger partial charge in [-0.05, 0) is 24.7 Å². The number of rotatable bonds is 4. The molecular weight excluding hydrogens is 178 g/mol. The highest BCUT2D eigenvalue weighted by Crippen LogP contribution is 2.31. The number of Topliss-reactive ketones (excluding diaryl/α,β-unsaturated/α-hetero) is 1. The van der Waals surface area contributed by atoms with Crippen LogP contribution in [0.1, 0.15) is 45.4 Å². The summed E-state index contributed by atoms with van der Waals surface area (Å²) < 4.78 is 0. The number of amides is 1. The van der Waals surface area contributed by atoms with E-state index in [1.807, 2.05) is 0 Å². The van der Waals surface area contributed by atoms with Crippen LogP contribution in [0.5, 0.6) is 0 Å². The Hall–Kier alpha value is -0.860. The van der Waals surface area contributed by atoms with Crippen molar-refractivity contribution in [2.75, 3.05) is 0 Å². The van der Waals surface area contributed by atoms with Gasteiger partial charge >= 0.3 is 0 Å². The van der Waals surface area contributed by atoms with Gasteiger partial charge in [0.1, 0.15) is 5.78 Å². The zero-order chi connectivity index (χ0) is 10.6. The third kappa shape index (κ3) is 3.13. The van der Waals surface area contributed by atoms with Crippen LogP contribution >= 0.6 is 0 Å². The lowest BCUT2D eigenvalue weighted by molar-refractivity contribution is -0.121. The van der Waals surface area contributed by atoms with Crippen LogP contribution < -0.4 is 5.73 Å². The molecule has 1 aliphatic carbocycles. The van der Waals surface area contributed by atoms with Gasteiger partial charge in [-0.1, -0.05) is 13.3 Å². The highest BCUT2D eigenvalue weighted by atomic mass is 16.1. The lowest BCUT2D eigenvalue weighted by Gasteiger charge is -2.28. The van der Waals surface area contributed by atoms with Gasteiger partial charge in [-0.2, -0.15) is 0 Å². The lowest BCUT2D eigenvalue weighted by atomic mass is 9.77. The van der Waals surface area contributed by atoms with Crippen LogP contribution in [-0.2, 0) is 9.59 Å². The molecule has 0 bridgehead atoms. The van der Waals surface area contributed by atoms with Crippen molar-refractivity contribution in [2.45, 2.75) is 45.4 Å². The first-order valence-corrected chi connectivity index (χ1v) is 5.43. The molecule has 0 aromatic heterocycles. The number of hydrogen-bond acceptors (Lipinski definition) is 2. The molecule has 0 spiro atoms. The molecule has 1 amide bonds. The molecule has 0 aliphatic heterocycles. The second-order valence-electron chi connectivity index (χ2n) is 4.21. The smallest absolute Gasteiger partial charge is 0.217 e. The normalized spacial score (nSPS) is 20.8. The van der Waals surface area contributed by atoms with Crippen molar-refractivity contribution >= 4 is 11.7 Å². The molecule has 80 valence electrons. The van der Waals surface area contributed by atoms with Gasteiger partial charge in [0.15, 0.2) is 0 Å². The third-order valence-corrected chi connectivity index (χ3v) is 3.24. The van der Waals surface area contributed by atoms with E-state index < -0.39 is 0 Å². The van der Waals surface area contributed by atoms with Crippen molar-refractivity contribution in [3.8, 4) is 0 Å². The van der Waals surface area contributed by atoms with Gasteiger partial charge < -0.3 is 5.73 Å². The molecule has 3 heteroatoms. The number of hydrogen-bond donors (Lipinski definition) is 1. The average molecular weight is 197 g/mol. The molecule has 1 fully saturated rings. The Balaban J connectivity index is 2.44. The van der Waals surface area contributed by atoms with E-state index >= 15 is 0 Å². The van der Waals surface area contributed by atoms with Crippen molar-refractivity contribution in [2.24, 2.45) is 17.6 Å². The molecule has 14 heavy (non-hydrogen) atoms. The predicted molar refractivity (Wildman–Crippen MR) is 54.6 cm³/mol. The van der Waals surface area contributed by atoms with Crippen LogP contribution in [0.15, 0.2) is 0 Å². The van der Waals surface area contributed by atoms with E-state index in [4.69, 9.17) is 5.73 Å². The van der Waals surface area contributed by atoms with Crippen molar-refractivity contribution in [1.82, 2.24) is 0 Å². The Morgan fingerprint density at radius 2 is 2.07 bits per heavy atom. The molecule has 1 unspecified atom stereocenters. The fourth-order valence-electron chi connectivity index (χ4n) is 2.34. The van der Waals surface area contributed by atoms with Gasteiger partial charge in [0.05, 0.1) is 0 Å². The Morgan fingerprint density at radius 3 is 2.50 bits per heavy atom. The van der Waals surface area contributed by atoms with Gasteiger partial charge in [-0.3, -0.25) is 9.59 Å². The summed E-state index contributed by atoms with van der Waals surface area (Å²) in [6.07, 6.45) is 4.76. The van der Waals surface area contributed by atoms with E-state index in [9.17, 15) is 9.59 Å². The Bertz CT molecular complexity index is 215. The minimum absolute atomic E-state index is 0.214. The second-order valence-corrected chi connectivity index (χ2v) is 4.21. The summed E-state index contributed by atoms with van der Waals surface area (Å²) in [6.45, 7) is 2.09. The topological polar surface area (TPSA) is 60.2 Å². The molecule has 0 saturated heterocycles. The van der Waals surface area contributed by atoms with E-state index in [1.54, 1.807) is 0 Å². The van der Waals surface area contributed by atoms with Crippen LogP contribution in [0.3, 0.4) is 0 Å². The van der Waals surface area contributed by atoms with Crippen molar-refractivity contribution in [3.63, 3.8) is 0 Å². The standard InChI is InChI=1S/C11H19NO2/c1-2-8(7-11(12)14)9-3-5-10(13)6-4-9/h8-9H,2-7H2,1H3,(H2,12,14). The van der Waals surface area contributed by atoms with Gasteiger partial charge in [-0.15, -0.1) is 0 Å². The van der Waals surface area contributed by atoms with Crippen LogP contribution in [0, 0.1) is 11.8 Å². The van der Waals surface area contributed by atoms with Gasteiger partial charge in [-0.25, -0.2) is 0 Å². The zero-order valence-corrected chi connectivity index (χ0v) is 8.79. The van der Waals surface area contributed by atoms with E-state index in [1.165, 1.54) is 0 Å². The van der Waals surface area contributed by atoms with Crippen LogP contribution in [0.4, 0.5) is 0 Å². The van der Waals surface area contributed by atoms with Crippen molar-refractivity contribution in [3.05, 3.63) is 0 Å². The molecule has 0 aromatic rings. The van der Waals surface area contributed by atoms with E-state index in [0.29, 0.717) is 36.9 Å². The summed E-state index contributed by atoms with van der Waals surface area (Å²) in [4.78, 5) is 21.9. The van der Waals surface area contributed by atoms with Crippen LogP contribution in [0.25, 0.3) is 0 Å². The number of nitrogens with two attached hydrogens (primary N) is 1. The summed E-state index contributed by atoms with van der Waals surface area (Å²) in [5, 5.41) is 0. The maximum atomic E-state index is 11.1. The third-order valence-electron chi connectivity index (χ3n) is 3.24. The average Bonchev–Trinajstić information content (AvgIpc) is 2.15. The molecule has 0 aromatic carbocycles. The lowest BCUT2D eigenvalue weighted by Crippen LogP contribution is -2.25. The minimum Gasteiger partial charge on any atom is -0.370 e. The molecule has 1 rings (SSSR count). The summed E-state index contributed by atoms with van der Waals surface area (Å²) in [5.41, 5.74) is 5.20. The van der Waals surface area contributed by atoms with Gasteiger partial charge in [0, 0.05) is 19.3 Å². The zero-order valence-electron chi connectivity index (χ0n) is 8.79. The van der Waals surface area contributed by atoms with E-state index in [2.05, 4.69) is 6.92 Å². The first-order valence-electron chi connectivity index (χ1n) is 5.43. The Kier molecular flexibility index (Phi) is 4.11. The number of primary amides is 1. The van der Waals surface area contributed by atoms with Gasteiger partial charge in [0.25, 0.3) is 0 Å². The summed E-state index contributed by atoms with van der Waals surface area (Å²) >= 11 is 0. The quantitative estimate of drug-likeness (QED) is 0.744. The van der Waals surface area contributed by atoms with E-state index in [-0.39, 0.29) is 5.91 Å². The number of ketones is 1. The minimum atomic E-state index is -0.214. The van der Waals surface area contributed by atoms with Gasteiger partial charge in [0.2, 0.25) is 5.91 Å². The molecule has 2 N–H and O–H groups in total. The molecule has 1 atom stereocenters. The Labute approximate surface area is 85.0 Å². The monoisotopic (exact) mass is 197 g/mol. The first-order chi connectivity index (χ1) is 6.63. The Morgan fingerprint density at radius 1 is 1.50 bits per heavy atom. The molecule has 1 saturated carbocycles. The molecular formula is C11H19NO2. The van der Waals surface area contributed by atoms with Crippen LogP contribution in [0.2, 0.25) is 0 Å². The highest BCUT2D eigenvalue weighted by Gasteiger charge is 2.26. The molecule has 0 heterocycles. The maximum Gasteiger partial charge on any atom is 0.217 e. The first kappa shape index (κ1) is 11.2. The highest BCUT2D eigenvalue weighted by molar-refractivity contribution is 5.79. The van der Waals surface area contributed by atoms with Crippen LogP contribution in [-0.4, -0.2) is 11.7 Å². The largest absolute Gasteiger partial charge is 0.370 e. The SMILES string of the molecule is CCC(CC(N)=O)C1CCC(=O)CC1. The molecule has 3 nitrogen and oxygen atoms in total. The summed E-state index contributed by atoms with van der Waals surface area (Å²) in [5.74, 6) is 1.08. The fraction of sp³-hybridized carbons (Fsp3) is 0.818. The maximum absolute atomic E-state index is 11.1. The molecule has 0 radical (unpaired) electrons. The number of carbonyl (C=O) groups is 2. The molecule has 1 aliphatic rings. The fourth-order valence-corrected chi connectivity index (χ4v) is 2.34. The second kappa shape index (κ2) is 5.13. The van der Waals surface area contributed by atoms with E-state index in [0.717, 1.165) is 19.3 Å².